The molecule has 120 valence electrons. The fourth-order valence-electron chi connectivity index (χ4n) is 2.24. The molecule has 0 atom stereocenters. The lowest BCUT2D eigenvalue weighted by Gasteiger charge is -2.20. The SMILES string of the molecule is CCN(CC)Oc1ccccc1C(=O)c1ccccc1C(=O)O. The fraction of sp³-hybridized carbons (Fsp3) is 0.222. The molecule has 0 aromatic heterocycles. The Balaban J connectivity index is 2.43. The van der Waals surface area contributed by atoms with Crippen LogP contribution >= 0.6 is 0 Å². The first-order valence-corrected chi connectivity index (χ1v) is 7.47. The Bertz CT molecular complexity index is 708. The maximum Gasteiger partial charge on any atom is 0.336 e. The molecule has 0 aliphatic rings. The van der Waals surface area contributed by atoms with Gasteiger partial charge in [-0.25, -0.2) is 4.79 Å². The molecular formula is C18H19NO4. The molecule has 0 fully saturated rings. The summed E-state index contributed by atoms with van der Waals surface area (Å²) in [4.78, 5) is 29.9. The van der Waals surface area contributed by atoms with Gasteiger partial charge in [-0.2, -0.15) is 0 Å². The Labute approximate surface area is 135 Å². The highest BCUT2D eigenvalue weighted by Gasteiger charge is 2.21. The van der Waals surface area contributed by atoms with Gasteiger partial charge in [-0.3, -0.25) is 4.79 Å². The average molecular weight is 313 g/mol. The molecule has 0 aliphatic heterocycles. The quantitative estimate of drug-likeness (QED) is 0.628. The van der Waals surface area contributed by atoms with Gasteiger partial charge in [-0.15, -0.1) is 5.06 Å². The van der Waals surface area contributed by atoms with Crippen molar-refractivity contribution >= 4 is 11.8 Å². The number of carbonyl (C=O) groups is 2. The molecule has 5 heteroatoms. The summed E-state index contributed by atoms with van der Waals surface area (Å²) in [5.41, 5.74) is 0.471. The van der Waals surface area contributed by atoms with E-state index in [1.54, 1.807) is 41.5 Å². The lowest BCUT2D eigenvalue weighted by molar-refractivity contribution is -0.0491. The molecule has 2 aromatic carbocycles. The van der Waals surface area contributed by atoms with Gasteiger partial charge in [0.15, 0.2) is 11.5 Å². The maximum atomic E-state index is 12.8. The average Bonchev–Trinajstić information content (AvgIpc) is 2.59. The number of carboxylic acid groups (broad SMARTS) is 1. The molecule has 0 unspecified atom stereocenters. The predicted molar refractivity (Wildman–Crippen MR) is 86.8 cm³/mol. The van der Waals surface area contributed by atoms with Crippen LogP contribution in [0.15, 0.2) is 48.5 Å². The van der Waals surface area contributed by atoms with E-state index in [2.05, 4.69) is 0 Å². The number of carbonyl (C=O) groups excluding carboxylic acids is 1. The third-order valence-corrected chi connectivity index (χ3v) is 3.47. The van der Waals surface area contributed by atoms with Crippen LogP contribution in [-0.4, -0.2) is 35.0 Å². The van der Waals surface area contributed by atoms with Crippen molar-refractivity contribution in [3.8, 4) is 5.75 Å². The molecule has 5 nitrogen and oxygen atoms in total. The van der Waals surface area contributed by atoms with Gasteiger partial charge in [0.05, 0.1) is 11.1 Å². The zero-order valence-electron chi connectivity index (χ0n) is 13.2. The fourth-order valence-corrected chi connectivity index (χ4v) is 2.24. The van der Waals surface area contributed by atoms with Gasteiger partial charge < -0.3 is 9.94 Å². The van der Waals surface area contributed by atoms with Crippen LogP contribution in [0, 0.1) is 0 Å². The molecule has 0 heterocycles. The van der Waals surface area contributed by atoms with Crippen molar-refractivity contribution in [2.24, 2.45) is 0 Å². The minimum Gasteiger partial charge on any atom is -0.478 e. The second kappa shape index (κ2) is 7.56. The largest absolute Gasteiger partial charge is 0.478 e. The van der Waals surface area contributed by atoms with E-state index in [1.807, 2.05) is 13.8 Å². The van der Waals surface area contributed by atoms with E-state index in [0.29, 0.717) is 24.4 Å². The summed E-state index contributed by atoms with van der Waals surface area (Å²) in [7, 11) is 0. The van der Waals surface area contributed by atoms with Gasteiger partial charge in [-0.1, -0.05) is 30.3 Å². The van der Waals surface area contributed by atoms with Crippen molar-refractivity contribution in [2.75, 3.05) is 13.1 Å². The van der Waals surface area contributed by atoms with Gasteiger partial charge in [0, 0.05) is 18.7 Å². The van der Waals surface area contributed by atoms with Crippen molar-refractivity contribution in [1.82, 2.24) is 5.06 Å². The summed E-state index contributed by atoms with van der Waals surface area (Å²) in [6.45, 7) is 5.25. The normalized spacial score (nSPS) is 10.6. The number of rotatable bonds is 7. The molecule has 0 radical (unpaired) electrons. The summed E-state index contributed by atoms with van der Waals surface area (Å²) in [6, 6.07) is 13.0. The third kappa shape index (κ3) is 3.76. The molecule has 0 saturated carbocycles. The number of aromatic carboxylic acids is 1. The van der Waals surface area contributed by atoms with Crippen LogP contribution in [0.25, 0.3) is 0 Å². The lowest BCUT2D eigenvalue weighted by Crippen LogP contribution is -2.27. The maximum absolute atomic E-state index is 12.8. The number of ketones is 1. The first-order valence-electron chi connectivity index (χ1n) is 7.47. The molecule has 0 spiro atoms. The smallest absolute Gasteiger partial charge is 0.336 e. The van der Waals surface area contributed by atoms with Crippen molar-refractivity contribution < 1.29 is 19.5 Å². The standard InChI is InChI=1S/C18H19NO4/c1-3-19(4-2)23-16-12-8-7-11-15(16)17(20)13-9-5-6-10-14(13)18(21)22/h5-12H,3-4H2,1-2H3,(H,21,22). The van der Waals surface area contributed by atoms with Crippen LogP contribution in [0.1, 0.15) is 40.1 Å². The second-order valence-electron chi connectivity index (χ2n) is 4.88. The number of nitrogens with zero attached hydrogens (tertiary/aromatic N) is 1. The van der Waals surface area contributed by atoms with E-state index in [4.69, 9.17) is 4.84 Å². The number of hydroxylamine groups is 2. The first-order chi connectivity index (χ1) is 11.1. The Morgan fingerprint density at radius 1 is 0.913 bits per heavy atom. The first kappa shape index (κ1) is 16.7. The van der Waals surface area contributed by atoms with Gasteiger partial charge in [-0.05, 0) is 32.0 Å². The lowest BCUT2D eigenvalue weighted by atomic mass is 9.98. The van der Waals surface area contributed by atoms with Crippen molar-refractivity contribution in [3.05, 3.63) is 65.2 Å². The number of carboxylic acids is 1. The number of hydrogen-bond acceptors (Lipinski definition) is 4. The molecule has 2 aromatic rings. The Hall–Kier alpha value is -2.66. The number of hydrogen-bond donors (Lipinski definition) is 1. The minimum atomic E-state index is -1.13. The summed E-state index contributed by atoms with van der Waals surface area (Å²) in [5, 5.41) is 11.0. The van der Waals surface area contributed by atoms with Gasteiger partial charge in [0.25, 0.3) is 0 Å². The number of benzene rings is 2. The molecule has 2 rings (SSSR count). The zero-order valence-corrected chi connectivity index (χ0v) is 13.2. The van der Waals surface area contributed by atoms with Crippen LogP contribution in [0.2, 0.25) is 0 Å². The Morgan fingerprint density at radius 3 is 2.00 bits per heavy atom. The van der Waals surface area contributed by atoms with Crippen molar-refractivity contribution in [2.45, 2.75) is 13.8 Å². The second-order valence-corrected chi connectivity index (χ2v) is 4.88. The molecule has 0 saturated heterocycles. The predicted octanol–water partition coefficient (Wildman–Crippen LogP) is 3.25. The van der Waals surface area contributed by atoms with Crippen LogP contribution < -0.4 is 4.84 Å². The summed E-state index contributed by atoms with van der Waals surface area (Å²) in [5.74, 6) is -1.08. The Kier molecular flexibility index (Phi) is 5.49. The third-order valence-electron chi connectivity index (χ3n) is 3.47. The molecule has 0 aliphatic carbocycles. The summed E-state index contributed by atoms with van der Waals surface area (Å²) in [6.07, 6.45) is 0. The molecule has 0 bridgehead atoms. The number of para-hydroxylation sites is 1. The van der Waals surface area contributed by atoms with Crippen molar-refractivity contribution in [1.29, 1.82) is 0 Å². The van der Waals surface area contributed by atoms with E-state index < -0.39 is 5.97 Å². The van der Waals surface area contributed by atoms with Gasteiger partial charge in [0.1, 0.15) is 0 Å². The van der Waals surface area contributed by atoms with E-state index in [9.17, 15) is 14.7 Å². The summed E-state index contributed by atoms with van der Waals surface area (Å²) < 4.78 is 0. The summed E-state index contributed by atoms with van der Waals surface area (Å²) >= 11 is 0. The molecule has 23 heavy (non-hydrogen) atoms. The zero-order chi connectivity index (χ0) is 16.8. The Morgan fingerprint density at radius 2 is 1.43 bits per heavy atom. The van der Waals surface area contributed by atoms with E-state index in [0.717, 1.165) is 0 Å². The van der Waals surface area contributed by atoms with Crippen LogP contribution in [-0.2, 0) is 0 Å². The molecule has 0 amide bonds. The molecular weight excluding hydrogens is 294 g/mol. The van der Waals surface area contributed by atoms with Crippen LogP contribution in [0.5, 0.6) is 5.75 Å². The van der Waals surface area contributed by atoms with Crippen LogP contribution in [0.4, 0.5) is 0 Å². The molecule has 1 N–H and O–H groups in total. The van der Waals surface area contributed by atoms with E-state index in [1.165, 1.54) is 12.1 Å². The topological polar surface area (TPSA) is 66.8 Å². The van der Waals surface area contributed by atoms with E-state index in [-0.39, 0.29) is 16.9 Å². The monoisotopic (exact) mass is 313 g/mol. The van der Waals surface area contributed by atoms with Gasteiger partial charge >= 0.3 is 5.97 Å². The van der Waals surface area contributed by atoms with Crippen LogP contribution in [0.3, 0.4) is 0 Å². The highest BCUT2D eigenvalue weighted by Crippen LogP contribution is 2.24. The highest BCUT2D eigenvalue weighted by molar-refractivity contribution is 6.15. The highest BCUT2D eigenvalue weighted by atomic mass is 16.7. The van der Waals surface area contributed by atoms with Crippen molar-refractivity contribution in [3.63, 3.8) is 0 Å². The van der Waals surface area contributed by atoms with E-state index >= 15 is 0 Å². The minimum absolute atomic E-state index is 0.0184. The van der Waals surface area contributed by atoms with Gasteiger partial charge in [0.2, 0.25) is 0 Å².